The number of nitrogen functional groups attached to an aromatic ring is 1. The summed E-state index contributed by atoms with van der Waals surface area (Å²) in [6.45, 7) is 5.17. The summed E-state index contributed by atoms with van der Waals surface area (Å²) in [5.41, 5.74) is 6.93. The topological polar surface area (TPSA) is 71.2 Å². The molecule has 0 bridgehead atoms. The van der Waals surface area contributed by atoms with E-state index in [-0.39, 0.29) is 11.9 Å². The molecule has 1 aromatic rings. The van der Waals surface area contributed by atoms with Crippen molar-refractivity contribution in [1.82, 2.24) is 15.2 Å². The SMILES string of the molecule is CC(C)CC(CN(C)C)NC(=O)Cc1ccc(N)cn1. The van der Waals surface area contributed by atoms with Crippen molar-refractivity contribution in [1.29, 1.82) is 0 Å². The molecule has 0 fully saturated rings. The van der Waals surface area contributed by atoms with E-state index >= 15 is 0 Å². The molecular weight excluding hydrogens is 252 g/mol. The van der Waals surface area contributed by atoms with Crippen molar-refractivity contribution in [3.05, 3.63) is 24.0 Å². The van der Waals surface area contributed by atoms with Crippen LogP contribution in [0, 0.1) is 5.92 Å². The van der Waals surface area contributed by atoms with E-state index in [0.29, 0.717) is 18.0 Å². The smallest absolute Gasteiger partial charge is 0.226 e. The van der Waals surface area contributed by atoms with Crippen LogP contribution in [0.2, 0.25) is 0 Å². The van der Waals surface area contributed by atoms with E-state index in [0.717, 1.165) is 18.7 Å². The fourth-order valence-electron chi connectivity index (χ4n) is 2.17. The van der Waals surface area contributed by atoms with Crippen molar-refractivity contribution in [2.75, 3.05) is 26.4 Å². The number of nitrogens with two attached hydrogens (primary N) is 1. The van der Waals surface area contributed by atoms with Crippen LogP contribution in [0.25, 0.3) is 0 Å². The van der Waals surface area contributed by atoms with Crippen molar-refractivity contribution >= 4 is 11.6 Å². The Bertz CT molecular complexity index is 404. The number of carbonyl (C=O) groups is 1. The molecule has 112 valence electrons. The molecule has 5 heteroatoms. The van der Waals surface area contributed by atoms with Crippen molar-refractivity contribution in [2.45, 2.75) is 32.7 Å². The lowest BCUT2D eigenvalue weighted by Gasteiger charge is -2.24. The molecule has 0 saturated carbocycles. The normalized spacial score (nSPS) is 12.7. The minimum absolute atomic E-state index is 0.00905. The predicted octanol–water partition coefficient (Wildman–Crippen LogP) is 1.30. The Balaban J connectivity index is 2.54. The number of nitrogens with one attached hydrogen (secondary N) is 1. The molecule has 1 rings (SSSR count). The number of pyridine rings is 1. The average Bonchev–Trinajstić information content (AvgIpc) is 2.30. The van der Waals surface area contributed by atoms with Gasteiger partial charge in [0, 0.05) is 18.3 Å². The maximum absolute atomic E-state index is 12.1. The molecule has 3 N–H and O–H groups in total. The Morgan fingerprint density at radius 1 is 1.40 bits per heavy atom. The zero-order valence-corrected chi connectivity index (χ0v) is 12.9. The first-order valence-corrected chi connectivity index (χ1v) is 7.01. The first kappa shape index (κ1) is 16.4. The van der Waals surface area contributed by atoms with Crippen molar-refractivity contribution in [2.24, 2.45) is 5.92 Å². The molecule has 1 amide bonds. The van der Waals surface area contributed by atoms with Crippen LogP contribution in [-0.2, 0) is 11.2 Å². The van der Waals surface area contributed by atoms with Crippen LogP contribution in [0.1, 0.15) is 26.0 Å². The van der Waals surface area contributed by atoms with Gasteiger partial charge in [-0.15, -0.1) is 0 Å². The number of hydrogen-bond acceptors (Lipinski definition) is 4. The summed E-state index contributed by atoms with van der Waals surface area (Å²) in [7, 11) is 4.03. The van der Waals surface area contributed by atoms with E-state index in [1.807, 2.05) is 14.1 Å². The van der Waals surface area contributed by atoms with Crippen molar-refractivity contribution in [3.63, 3.8) is 0 Å². The van der Waals surface area contributed by atoms with Crippen LogP contribution in [0.3, 0.4) is 0 Å². The molecule has 0 radical (unpaired) electrons. The van der Waals surface area contributed by atoms with E-state index in [9.17, 15) is 4.79 Å². The summed E-state index contributed by atoms with van der Waals surface area (Å²) in [4.78, 5) is 18.3. The number of hydrogen-bond donors (Lipinski definition) is 2. The number of carbonyl (C=O) groups excluding carboxylic acids is 1. The quantitative estimate of drug-likeness (QED) is 0.788. The van der Waals surface area contributed by atoms with Crippen LogP contribution < -0.4 is 11.1 Å². The first-order valence-electron chi connectivity index (χ1n) is 7.01. The first-order chi connectivity index (χ1) is 9.36. The highest BCUT2D eigenvalue weighted by Crippen LogP contribution is 2.07. The third kappa shape index (κ3) is 6.52. The maximum Gasteiger partial charge on any atom is 0.226 e. The molecule has 20 heavy (non-hydrogen) atoms. The highest BCUT2D eigenvalue weighted by Gasteiger charge is 2.15. The second kappa shape index (κ2) is 7.85. The predicted molar refractivity (Wildman–Crippen MR) is 82.3 cm³/mol. The minimum Gasteiger partial charge on any atom is -0.397 e. The van der Waals surface area contributed by atoms with E-state index in [1.165, 1.54) is 0 Å². The largest absolute Gasteiger partial charge is 0.397 e. The van der Waals surface area contributed by atoms with Gasteiger partial charge < -0.3 is 16.0 Å². The third-order valence-electron chi connectivity index (χ3n) is 2.90. The summed E-state index contributed by atoms with van der Waals surface area (Å²) >= 11 is 0. The molecule has 1 aromatic heterocycles. The van der Waals surface area contributed by atoms with Gasteiger partial charge in [0.05, 0.1) is 18.3 Å². The number of amides is 1. The zero-order chi connectivity index (χ0) is 15.1. The number of rotatable bonds is 7. The number of nitrogens with zero attached hydrogens (tertiary/aromatic N) is 2. The monoisotopic (exact) mass is 278 g/mol. The lowest BCUT2D eigenvalue weighted by molar-refractivity contribution is -0.121. The molecule has 0 aromatic carbocycles. The van der Waals surface area contributed by atoms with Gasteiger partial charge in [-0.3, -0.25) is 9.78 Å². The van der Waals surface area contributed by atoms with Gasteiger partial charge in [-0.1, -0.05) is 13.8 Å². The molecule has 1 heterocycles. The fourth-order valence-corrected chi connectivity index (χ4v) is 2.17. The van der Waals surface area contributed by atoms with Crippen molar-refractivity contribution < 1.29 is 4.79 Å². The van der Waals surface area contributed by atoms with E-state index in [4.69, 9.17) is 5.73 Å². The molecule has 5 nitrogen and oxygen atoms in total. The van der Waals surface area contributed by atoms with Gasteiger partial charge >= 0.3 is 0 Å². The molecule has 0 spiro atoms. The molecule has 0 aliphatic rings. The lowest BCUT2D eigenvalue weighted by atomic mass is 10.0. The standard InChI is InChI=1S/C15H26N4O/c1-11(2)7-14(10-19(3)4)18-15(20)8-13-6-5-12(16)9-17-13/h5-6,9,11,14H,7-8,10,16H2,1-4H3,(H,18,20). The molecule has 0 aliphatic heterocycles. The summed E-state index contributed by atoms with van der Waals surface area (Å²) < 4.78 is 0. The number of aromatic nitrogens is 1. The highest BCUT2D eigenvalue weighted by molar-refractivity contribution is 5.78. The Morgan fingerprint density at radius 3 is 2.60 bits per heavy atom. The molecular formula is C15H26N4O. The van der Waals surface area contributed by atoms with E-state index < -0.39 is 0 Å². The summed E-state index contributed by atoms with van der Waals surface area (Å²) in [5, 5.41) is 3.09. The van der Waals surface area contributed by atoms with Crippen LogP contribution in [-0.4, -0.2) is 42.5 Å². The molecule has 0 aliphatic carbocycles. The Labute approximate surface area is 121 Å². The van der Waals surface area contributed by atoms with Crippen LogP contribution in [0.15, 0.2) is 18.3 Å². The third-order valence-corrected chi connectivity index (χ3v) is 2.90. The van der Waals surface area contributed by atoms with Gasteiger partial charge in [0.2, 0.25) is 5.91 Å². The molecule has 0 saturated heterocycles. The minimum atomic E-state index is 0.00905. The van der Waals surface area contributed by atoms with Gasteiger partial charge in [0.15, 0.2) is 0 Å². The fraction of sp³-hybridized carbons (Fsp3) is 0.600. The van der Waals surface area contributed by atoms with Crippen molar-refractivity contribution in [3.8, 4) is 0 Å². The summed E-state index contributed by atoms with van der Waals surface area (Å²) in [6.07, 6.45) is 2.84. The number of likely N-dealkylation sites (N-methyl/N-ethyl adjacent to an activating group) is 1. The Kier molecular flexibility index (Phi) is 6.45. The van der Waals surface area contributed by atoms with Gasteiger partial charge in [0.25, 0.3) is 0 Å². The molecule has 1 unspecified atom stereocenters. The summed E-state index contributed by atoms with van der Waals surface area (Å²) in [6, 6.07) is 3.73. The van der Waals surface area contributed by atoms with Gasteiger partial charge in [-0.05, 0) is 38.6 Å². The second-order valence-corrected chi connectivity index (χ2v) is 5.92. The average molecular weight is 278 g/mol. The maximum atomic E-state index is 12.1. The van der Waals surface area contributed by atoms with Crippen LogP contribution in [0.4, 0.5) is 5.69 Å². The highest BCUT2D eigenvalue weighted by atomic mass is 16.1. The van der Waals surface area contributed by atoms with Crippen LogP contribution in [0.5, 0.6) is 0 Å². The van der Waals surface area contributed by atoms with E-state index in [1.54, 1.807) is 18.3 Å². The lowest BCUT2D eigenvalue weighted by Crippen LogP contribution is -2.43. The second-order valence-electron chi connectivity index (χ2n) is 5.92. The zero-order valence-electron chi connectivity index (χ0n) is 12.9. The van der Waals surface area contributed by atoms with Gasteiger partial charge in [-0.25, -0.2) is 0 Å². The van der Waals surface area contributed by atoms with Gasteiger partial charge in [0.1, 0.15) is 0 Å². The Morgan fingerprint density at radius 2 is 2.10 bits per heavy atom. The Hall–Kier alpha value is -1.62. The van der Waals surface area contributed by atoms with Gasteiger partial charge in [-0.2, -0.15) is 0 Å². The van der Waals surface area contributed by atoms with Crippen LogP contribution >= 0.6 is 0 Å². The molecule has 1 atom stereocenters. The summed E-state index contributed by atoms with van der Waals surface area (Å²) in [5.74, 6) is 0.560. The number of anilines is 1. The van der Waals surface area contributed by atoms with E-state index in [2.05, 4.69) is 29.0 Å².